The van der Waals surface area contributed by atoms with E-state index >= 15 is 0 Å². The van der Waals surface area contributed by atoms with Crippen LogP contribution in [0.3, 0.4) is 0 Å². The first-order valence-corrected chi connectivity index (χ1v) is 7.52. The van der Waals surface area contributed by atoms with Crippen molar-refractivity contribution in [3.63, 3.8) is 0 Å². The zero-order chi connectivity index (χ0) is 18.9. The zero-order valence-electron chi connectivity index (χ0n) is 13.7. The highest BCUT2D eigenvalue weighted by molar-refractivity contribution is 5.99. The minimum Gasteiger partial charge on any atom is -0.481 e. The van der Waals surface area contributed by atoms with E-state index in [-0.39, 0.29) is 24.5 Å². The molecule has 0 saturated carbocycles. The maximum Gasteiger partial charge on any atom is 0.303 e. The standard InChI is InChI=1S/C16H17N7O3/c17-15(11-3-1-2-8-19-11)22-23-16(18)12-5-4-10(9-20-12)21-13(24)6-7-14(25)26/h1-5,8-9H,6-7H2,(H2,17,22)(H2,18,23)(H,21,24)(H,25,26). The van der Waals surface area contributed by atoms with Gasteiger partial charge in [0.25, 0.3) is 0 Å². The molecule has 0 aromatic carbocycles. The molecule has 10 heteroatoms. The summed E-state index contributed by atoms with van der Waals surface area (Å²) in [5.41, 5.74) is 12.8. The van der Waals surface area contributed by atoms with Gasteiger partial charge in [-0.05, 0) is 24.3 Å². The van der Waals surface area contributed by atoms with Crippen LogP contribution in [0.15, 0.2) is 52.9 Å². The van der Waals surface area contributed by atoms with Crippen LogP contribution in [-0.2, 0) is 9.59 Å². The Morgan fingerprint density at radius 2 is 1.69 bits per heavy atom. The predicted octanol–water partition coefficient (Wildman–Crippen LogP) is 0.306. The molecule has 2 heterocycles. The van der Waals surface area contributed by atoms with Crippen molar-refractivity contribution in [2.75, 3.05) is 5.32 Å². The van der Waals surface area contributed by atoms with Gasteiger partial charge >= 0.3 is 5.97 Å². The second-order valence-electron chi connectivity index (χ2n) is 5.06. The lowest BCUT2D eigenvalue weighted by atomic mass is 10.2. The summed E-state index contributed by atoms with van der Waals surface area (Å²) in [4.78, 5) is 30.1. The molecule has 2 rings (SSSR count). The minimum absolute atomic E-state index is 0.0348. The molecule has 6 N–H and O–H groups in total. The van der Waals surface area contributed by atoms with E-state index in [0.29, 0.717) is 17.1 Å². The molecular weight excluding hydrogens is 338 g/mol. The molecule has 2 aromatic rings. The molecule has 0 saturated heterocycles. The van der Waals surface area contributed by atoms with Crippen LogP contribution in [0.2, 0.25) is 0 Å². The van der Waals surface area contributed by atoms with Crippen LogP contribution in [0.25, 0.3) is 0 Å². The van der Waals surface area contributed by atoms with Crippen LogP contribution in [0, 0.1) is 0 Å². The van der Waals surface area contributed by atoms with Crippen molar-refractivity contribution in [3.05, 3.63) is 54.1 Å². The van der Waals surface area contributed by atoms with E-state index in [1.165, 1.54) is 12.3 Å². The second kappa shape index (κ2) is 8.87. The average molecular weight is 355 g/mol. The first-order chi connectivity index (χ1) is 12.5. The van der Waals surface area contributed by atoms with Crippen molar-refractivity contribution in [1.82, 2.24) is 9.97 Å². The van der Waals surface area contributed by atoms with Gasteiger partial charge in [-0.1, -0.05) is 6.07 Å². The van der Waals surface area contributed by atoms with E-state index in [4.69, 9.17) is 16.6 Å². The van der Waals surface area contributed by atoms with Crippen LogP contribution in [-0.4, -0.2) is 38.6 Å². The molecule has 0 bridgehead atoms. The number of carboxylic acid groups (broad SMARTS) is 1. The van der Waals surface area contributed by atoms with Crippen molar-refractivity contribution in [2.24, 2.45) is 21.7 Å². The lowest BCUT2D eigenvalue weighted by Crippen LogP contribution is -2.18. The molecule has 134 valence electrons. The maximum absolute atomic E-state index is 11.6. The lowest BCUT2D eigenvalue weighted by Gasteiger charge is -2.05. The third kappa shape index (κ3) is 5.67. The fourth-order valence-electron chi connectivity index (χ4n) is 1.79. The van der Waals surface area contributed by atoms with Crippen molar-refractivity contribution < 1.29 is 14.7 Å². The van der Waals surface area contributed by atoms with Crippen LogP contribution in [0.4, 0.5) is 5.69 Å². The van der Waals surface area contributed by atoms with Crippen LogP contribution >= 0.6 is 0 Å². The number of hydrogen-bond acceptors (Lipinski definition) is 6. The molecule has 0 radical (unpaired) electrons. The van der Waals surface area contributed by atoms with Crippen molar-refractivity contribution in [3.8, 4) is 0 Å². The Kier molecular flexibility index (Phi) is 6.32. The predicted molar refractivity (Wildman–Crippen MR) is 95.4 cm³/mol. The molecule has 2 aromatic heterocycles. The smallest absolute Gasteiger partial charge is 0.303 e. The quantitative estimate of drug-likeness (QED) is 0.314. The summed E-state index contributed by atoms with van der Waals surface area (Å²) in [6, 6.07) is 8.31. The molecule has 0 fully saturated rings. The largest absolute Gasteiger partial charge is 0.481 e. The molecule has 0 unspecified atom stereocenters. The van der Waals surface area contributed by atoms with Gasteiger partial charge in [0, 0.05) is 12.6 Å². The van der Waals surface area contributed by atoms with Gasteiger partial charge in [-0.25, -0.2) is 0 Å². The van der Waals surface area contributed by atoms with Gasteiger partial charge in [0.15, 0.2) is 11.7 Å². The van der Waals surface area contributed by atoms with E-state index in [2.05, 4.69) is 25.5 Å². The molecule has 0 spiro atoms. The Morgan fingerprint density at radius 1 is 1.00 bits per heavy atom. The Bertz CT molecular complexity index is 833. The zero-order valence-corrected chi connectivity index (χ0v) is 13.7. The number of pyridine rings is 2. The number of aliphatic carboxylic acids is 1. The molecule has 1 amide bonds. The third-order valence-electron chi connectivity index (χ3n) is 3.07. The van der Waals surface area contributed by atoms with E-state index in [1.807, 2.05) is 0 Å². The monoisotopic (exact) mass is 355 g/mol. The summed E-state index contributed by atoms with van der Waals surface area (Å²) in [6.07, 6.45) is 2.59. The SMILES string of the molecule is N/C(=N\N=C(/N)c1ccc(NC(=O)CCC(=O)O)cn1)c1ccccn1. The fourth-order valence-corrected chi connectivity index (χ4v) is 1.79. The second-order valence-corrected chi connectivity index (χ2v) is 5.06. The van der Waals surface area contributed by atoms with E-state index in [9.17, 15) is 9.59 Å². The number of nitrogens with one attached hydrogen (secondary N) is 1. The molecule has 0 aliphatic heterocycles. The third-order valence-corrected chi connectivity index (χ3v) is 3.07. The molecular formula is C16H17N7O3. The number of aromatic nitrogens is 2. The Morgan fingerprint density at radius 3 is 2.23 bits per heavy atom. The first-order valence-electron chi connectivity index (χ1n) is 7.52. The van der Waals surface area contributed by atoms with Crippen molar-refractivity contribution in [2.45, 2.75) is 12.8 Å². The summed E-state index contributed by atoms with van der Waals surface area (Å²) < 4.78 is 0. The number of carbonyl (C=O) groups is 2. The van der Waals surface area contributed by atoms with Gasteiger partial charge in [-0.2, -0.15) is 0 Å². The van der Waals surface area contributed by atoms with Gasteiger partial charge in [-0.15, -0.1) is 10.2 Å². The van der Waals surface area contributed by atoms with E-state index in [1.54, 1.807) is 30.5 Å². The van der Waals surface area contributed by atoms with Gasteiger partial charge in [-0.3, -0.25) is 19.6 Å². The van der Waals surface area contributed by atoms with Crippen molar-refractivity contribution in [1.29, 1.82) is 0 Å². The Hall–Kier alpha value is -3.82. The van der Waals surface area contributed by atoms with Crippen LogP contribution in [0.1, 0.15) is 24.2 Å². The number of nitrogens with two attached hydrogens (primary N) is 2. The molecule has 0 atom stereocenters. The molecule has 26 heavy (non-hydrogen) atoms. The van der Waals surface area contributed by atoms with Gasteiger partial charge < -0.3 is 21.9 Å². The summed E-state index contributed by atoms with van der Waals surface area (Å²) in [5, 5.41) is 18.7. The highest BCUT2D eigenvalue weighted by Gasteiger charge is 2.07. The molecule has 0 aliphatic carbocycles. The first kappa shape index (κ1) is 18.5. The maximum atomic E-state index is 11.6. The summed E-state index contributed by atoms with van der Waals surface area (Å²) in [7, 11) is 0. The minimum atomic E-state index is -1.04. The van der Waals surface area contributed by atoms with Gasteiger partial charge in [0.1, 0.15) is 11.4 Å². The number of anilines is 1. The number of hydrogen-bond donors (Lipinski definition) is 4. The lowest BCUT2D eigenvalue weighted by molar-refractivity contribution is -0.138. The van der Waals surface area contributed by atoms with E-state index in [0.717, 1.165) is 0 Å². The normalized spacial score (nSPS) is 11.8. The summed E-state index contributed by atoms with van der Waals surface area (Å²) in [5.74, 6) is -1.32. The van der Waals surface area contributed by atoms with Gasteiger partial charge in [0.05, 0.1) is 18.3 Å². The van der Waals surface area contributed by atoms with Crippen molar-refractivity contribution >= 4 is 29.2 Å². The molecule has 10 nitrogen and oxygen atoms in total. The number of nitrogens with zero attached hydrogens (tertiary/aromatic N) is 4. The van der Waals surface area contributed by atoms with E-state index < -0.39 is 11.9 Å². The number of carbonyl (C=O) groups excluding carboxylic acids is 1. The van der Waals surface area contributed by atoms with Crippen LogP contribution in [0.5, 0.6) is 0 Å². The van der Waals surface area contributed by atoms with Crippen LogP contribution < -0.4 is 16.8 Å². The highest BCUT2D eigenvalue weighted by atomic mass is 16.4. The summed E-state index contributed by atoms with van der Waals surface area (Å²) in [6.45, 7) is 0. The summed E-state index contributed by atoms with van der Waals surface area (Å²) >= 11 is 0. The Balaban J connectivity index is 2.00. The molecule has 0 aliphatic rings. The Labute approximate surface area is 148 Å². The average Bonchev–Trinajstić information content (AvgIpc) is 2.65. The fraction of sp³-hybridized carbons (Fsp3) is 0.125. The number of amides is 1. The topological polar surface area (TPSA) is 169 Å². The highest BCUT2D eigenvalue weighted by Crippen LogP contribution is 2.07. The number of carboxylic acids is 1. The van der Waals surface area contributed by atoms with Gasteiger partial charge in [0.2, 0.25) is 5.91 Å². The number of rotatable bonds is 7. The number of amidine groups is 2.